The van der Waals surface area contributed by atoms with E-state index in [2.05, 4.69) is 15.5 Å². The highest BCUT2D eigenvalue weighted by atomic mass is 16.3. The average molecular weight is 404 g/mol. The highest BCUT2D eigenvalue weighted by molar-refractivity contribution is 5.95. The molecule has 2 N–H and O–H groups in total. The van der Waals surface area contributed by atoms with Crippen molar-refractivity contribution in [3.8, 4) is 11.3 Å². The lowest BCUT2D eigenvalue weighted by Crippen LogP contribution is -2.41. The first-order valence-electron chi connectivity index (χ1n) is 10.5. The lowest BCUT2D eigenvalue weighted by atomic mass is 9.95. The van der Waals surface area contributed by atoms with E-state index in [-0.39, 0.29) is 17.7 Å². The molecular weight excluding hydrogens is 380 g/mol. The number of benzene rings is 1. The van der Waals surface area contributed by atoms with Crippen LogP contribution in [0.15, 0.2) is 47.1 Å². The maximum Gasteiger partial charge on any atom is 0.274 e. The Kier molecular flexibility index (Phi) is 4.86. The van der Waals surface area contributed by atoms with E-state index in [9.17, 15) is 9.59 Å². The summed E-state index contributed by atoms with van der Waals surface area (Å²) in [5.74, 6) is 0.646. The van der Waals surface area contributed by atoms with E-state index in [1.54, 1.807) is 6.26 Å². The molecular formula is C23H24N4O3. The summed E-state index contributed by atoms with van der Waals surface area (Å²) < 4.78 is 5.43. The topological polar surface area (TPSA) is 91.2 Å². The SMILES string of the molecule is O=C(Nc1cccc(-c2ccco2)c1)C1CCN(C(=O)c2n[nH]c3c2CCC3)CC1. The van der Waals surface area contributed by atoms with Gasteiger partial charge < -0.3 is 14.6 Å². The maximum absolute atomic E-state index is 12.9. The van der Waals surface area contributed by atoms with Crippen LogP contribution in [0.4, 0.5) is 5.69 Å². The van der Waals surface area contributed by atoms with Crippen molar-refractivity contribution in [3.63, 3.8) is 0 Å². The molecule has 0 spiro atoms. The largest absolute Gasteiger partial charge is 0.464 e. The van der Waals surface area contributed by atoms with E-state index in [1.807, 2.05) is 41.3 Å². The summed E-state index contributed by atoms with van der Waals surface area (Å²) in [6.07, 6.45) is 5.91. The summed E-state index contributed by atoms with van der Waals surface area (Å²) in [5, 5.41) is 10.3. The highest BCUT2D eigenvalue weighted by Crippen LogP contribution is 2.27. The van der Waals surface area contributed by atoms with Crippen LogP contribution < -0.4 is 5.32 Å². The van der Waals surface area contributed by atoms with Crippen LogP contribution in [-0.4, -0.2) is 40.0 Å². The van der Waals surface area contributed by atoms with E-state index < -0.39 is 0 Å². The van der Waals surface area contributed by atoms with Gasteiger partial charge in [0.1, 0.15) is 5.76 Å². The minimum Gasteiger partial charge on any atom is -0.464 e. The third-order valence-electron chi connectivity index (χ3n) is 6.10. The molecule has 5 rings (SSSR count). The molecule has 3 aromatic rings. The number of nitrogens with one attached hydrogen (secondary N) is 2. The summed E-state index contributed by atoms with van der Waals surface area (Å²) in [6.45, 7) is 1.15. The standard InChI is InChI=1S/C23H24N4O3/c28-22(24-17-5-1-4-16(14-17)20-8-3-13-30-20)15-9-11-27(12-10-15)23(29)21-18-6-2-7-19(18)25-26-21/h1,3-5,8,13-15H,2,6-7,9-12H2,(H,24,28)(H,25,26). The van der Waals surface area contributed by atoms with Crippen LogP contribution in [-0.2, 0) is 17.6 Å². The number of fused-ring (bicyclic) bond motifs is 1. The zero-order chi connectivity index (χ0) is 20.5. The van der Waals surface area contributed by atoms with Gasteiger partial charge in [-0.3, -0.25) is 14.7 Å². The molecule has 154 valence electrons. The van der Waals surface area contributed by atoms with Crippen molar-refractivity contribution in [2.24, 2.45) is 5.92 Å². The zero-order valence-electron chi connectivity index (χ0n) is 16.7. The molecule has 0 unspecified atom stereocenters. The van der Waals surface area contributed by atoms with Gasteiger partial charge in [-0.25, -0.2) is 0 Å². The van der Waals surface area contributed by atoms with Crippen molar-refractivity contribution in [1.82, 2.24) is 15.1 Å². The van der Waals surface area contributed by atoms with Crippen molar-refractivity contribution >= 4 is 17.5 Å². The third-order valence-corrected chi connectivity index (χ3v) is 6.10. The molecule has 7 nitrogen and oxygen atoms in total. The zero-order valence-corrected chi connectivity index (χ0v) is 16.7. The molecule has 1 aliphatic carbocycles. The van der Waals surface area contributed by atoms with Crippen LogP contribution in [0.25, 0.3) is 11.3 Å². The second-order valence-corrected chi connectivity index (χ2v) is 8.00. The first kappa shape index (κ1) is 18.7. The molecule has 1 fully saturated rings. The second kappa shape index (κ2) is 7.82. The normalized spacial score (nSPS) is 16.5. The van der Waals surface area contributed by atoms with Crippen molar-refractivity contribution in [1.29, 1.82) is 0 Å². The van der Waals surface area contributed by atoms with Crippen molar-refractivity contribution in [2.75, 3.05) is 18.4 Å². The highest BCUT2D eigenvalue weighted by Gasteiger charge is 2.31. The molecule has 2 aliphatic rings. The molecule has 2 amide bonds. The summed E-state index contributed by atoms with van der Waals surface area (Å²) in [6, 6.07) is 11.4. The number of piperidine rings is 1. The number of nitrogens with zero attached hydrogens (tertiary/aromatic N) is 2. The Morgan fingerprint density at radius 3 is 2.80 bits per heavy atom. The van der Waals surface area contributed by atoms with Crippen molar-refractivity contribution in [3.05, 3.63) is 59.6 Å². The fourth-order valence-corrected chi connectivity index (χ4v) is 4.43. The van der Waals surface area contributed by atoms with Gasteiger partial charge in [-0.1, -0.05) is 12.1 Å². The number of H-pyrrole nitrogens is 1. The number of aromatic nitrogens is 2. The Balaban J connectivity index is 1.19. The van der Waals surface area contributed by atoms with E-state index in [4.69, 9.17) is 4.42 Å². The lowest BCUT2D eigenvalue weighted by molar-refractivity contribution is -0.121. The van der Waals surface area contributed by atoms with Crippen LogP contribution in [0.3, 0.4) is 0 Å². The molecule has 0 atom stereocenters. The molecule has 0 radical (unpaired) electrons. The molecule has 0 saturated carbocycles. The second-order valence-electron chi connectivity index (χ2n) is 8.00. The number of aromatic amines is 1. The Hall–Kier alpha value is -3.35. The van der Waals surface area contributed by atoms with E-state index >= 15 is 0 Å². The van der Waals surface area contributed by atoms with Gasteiger partial charge in [-0.15, -0.1) is 0 Å². The fraction of sp³-hybridized carbons (Fsp3) is 0.348. The van der Waals surface area contributed by atoms with Gasteiger partial charge >= 0.3 is 0 Å². The predicted octanol–water partition coefficient (Wildman–Crippen LogP) is 3.65. The molecule has 7 heteroatoms. The molecule has 0 bridgehead atoms. The van der Waals surface area contributed by atoms with E-state index in [0.29, 0.717) is 31.6 Å². The van der Waals surface area contributed by atoms with Crippen LogP contribution >= 0.6 is 0 Å². The molecule has 2 aromatic heterocycles. The lowest BCUT2D eigenvalue weighted by Gasteiger charge is -2.31. The number of likely N-dealkylation sites (tertiary alicyclic amines) is 1. The fourth-order valence-electron chi connectivity index (χ4n) is 4.43. The minimum atomic E-state index is -0.105. The molecule has 1 aromatic carbocycles. The Morgan fingerprint density at radius 2 is 2.00 bits per heavy atom. The van der Waals surface area contributed by atoms with Gasteiger partial charge in [0.25, 0.3) is 5.91 Å². The van der Waals surface area contributed by atoms with Crippen molar-refractivity contribution in [2.45, 2.75) is 32.1 Å². The number of anilines is 1. The summed E-state index contributed by atoms with van der Waals surface area (Å²) in [4.78, 5) is 27.5. The van der Waals surface area contributed by atoms with Crippen LogP contribution in [0.2, 0.25) is 0 Å². The number of rotatable bonds is 4. The maximum atomic E-state index is 12.9. The van der Waals surface area contributed by atoms with Gasteiger partial charge in [0.05, 0.1) is 6.26 Å². The summed E-state index contributed by atoms with van der Waals surface area (Å²) >= 11 is 0. The molecule has 30 heavy (non-hydrogen) atoms. The van der Waals surface area contributed by atoms with Gasteiger partial charge in [0, 0.05) is 41.5 Å². The number of furan rings is 1. The molecule has 1 aliphatic heterocycles. The van der Waals surface area contributed by atoms with Gasteiger partial charge in [-0.05, 0) is 56.4 Å². The third kappa shape index (κ3) is 3.51. The Bertz CT molecular complexity index is 1060. The first-order chi connectivity index (χ1) is 14.7. The minimum absolute atomic E-state index is 0.000597. The average Bonchev–Trinajstić information content (AvgIpc) is 3.52. The number of hydrogen-bond acceptors (Lipinski definition) is 4. The summed E-state index contributed by atoms with van der Waals surface area (Å²) in [7, 11) is 0. The smallest absolute Gasteiger partial charge is 0.274 e. The number of carbonyl (C=O) groups is 2. The van der Waals surface area contributed by atoms with Gasteiger partial charge in [0.15, 0.2) is 5.69 Å². The quantitative estimate of drug-likeness (QED) is 0.694. The van der Waals surface area contributed by atoms with Gasteiger partial charge in [-0.2, -0.15) is 5.10 Å². The molecule has 1 saturated heterocycles. The first-order valence-corrected chi connectivity index (χ1v) is 10.5. The number of hydrogen-bond donors (Lipinski definition) is 2. The van der Waals surface area contributed by atoms with Crippen LogP contribution in [0.1, 0.15) is 41.0 Å². The Morgan fingerprint density at radius 1 is 1.13 bits per heavy atom. The number of carbonyl (C=O) groups excluding carboxylic acids is 2. The van der Waals surface area contributed by atoms with Crippen molar-refractivity contribution < 1.29 is 14.0 Å². The summed E-state index contributed by atoms with van der Waals surface area (Å²) in [5.41, 5.74) is 4.42. The van der Waals surface area contributed by atoms with E-state index in [1.165, 1.54) is 0 Å². The van der Waals surface area contributed by atoms with Crippen LogP contribution in [0, 0.1) is 5.92 Å². The molecule has 3 heterocycles. The number of aryl methyl sites for hydroxylation is 1. The monoisotopic (exact) mass is 404 g/mol. The number of amides is 2. The van der Waals surface area contributed by atoms with Crippen LogP contribution in [0.5, 0.6) is 0 Å². The predicted molar refractivity (Wildman–Crippen MR) is 112 cm³/mol. The van der Waals surface area contributed by atoms with E-state index in [0.717, 1.165) is 47.5 Å². The Labute approximate surface area is 174 Å². The van der Waals surface area contributed by atoms with Gasteiger partial charge in [0.2, 0.25) is 5.91 Å².